The highest BCUT2D eigenvalue weighted by Gasteiger charge is 2.41. The van der Waals surface area contributed by atoms with Crippen molar-refractivity contribution < 1.29 is 4.74 Å². The zero-order valence-corrected chi connectivity index (χ0v) is 20.1. The third kappa shape index (κ3) is 3.88. The fraction of sp³-hybridized carbons (Fsp3) is 0.269. The van der Waals surface area contributed by atoms with Gasteiger partial charge >= 0.3 is 0 Å². The van der Waals surface area contributed by atoms with Crippen LogP contribution in [0.1, 0.15) is 61.7 Å². The minimum absolute atomic E-state index is 0.112. The quantitative estimate of drug-likeness (QED) is 0.365. The molecular weight excluding hydrogens is 472 g/mol. The lowest BCUT2D eigenvalue weighted by atomic mass is 9.86. The van der Waals surface area contributed by atoms with Gasteiger partial charge in [0.05, 0.1) is 11.8 Å². The second kappa shape index (κ2) is 7.68. The van der Waals surface area contributed by atoms with Crippen LogP contribution in [0.25, 0.3) is 0 Å². The van der Waals surface area contributed by atoms with Gasteiger partial charge in [0.1, 0.15) is 5.75 Å². The van der Waals surface area contributed by atoms with Gasteiger partial charge in [-0.25, -0.2) is 5.01 Å². The number of hydrogen-bond donors (Lipinski definition) is 0. The van der Waals surface area contributed by atoms with Gasteiger partial charge in [-0.15, -0.1) is 0 Å². The predicted octanol–water partition coefficient (Wildman–Crippen LogP) is 7.64. The zero-order valence-electron chi connectivity index (χ0n) is 17.8. The summed E-state index contributed by atoms with van der Waals surface area (Å²) in [6.45, 7) is 6.69. The Labute approximate surface area is 196 Å². The van der Waals surface area contributed by atoms with Crippen LogP contribution >= 0.6 is 27.5 Å². The van der Waals surface area contributed by atoms with Crippen molar-refractivity contribution in [2.24, 2.45) is 5.10 Å². The van der Waals surface area contributed by atoms with Gasteiger partial charge in [-0.3, -0.25) is 0 Å². The van der Waals surface area contributed by atoms with E-state index in [1.165, 1.54) is 5.56 Å². The number of halogens is 2. The summed E-state index contributed by atoms with van der Waals surface area (Å²) in [4.78, 5) is 0. The molecule has 2 heterocycles. The van der Waals surface area contributed by atoms with Gasteiger partial charge in [0.15, 0.2) is 0 Å². The maximum Gasteiger partial charge on any atom is 0.213 e. The molecule has 0 aromatic heterocycles. The van der Waals surface area contributed by atoms with E-state index in [1.54, 1.807) is 0 Å². The minimum atomic E-state index is -0.266. The van der Waals surface area contributed by atoms with Crippen LogP contribution in [0.3, 0.4) is 0 Å². The van der Waals surface area contributed by atoms with Gasteiger partial charge in [-0.05, 0) is 46.9 Å². The molecule has 2 aliphatic rings. The Bertz CT molecular complexity index is 1150. The second-order valence-corrected chi connectivity index (χ2v) is 10.5. The molecule has 31 heavy (non-hydrogen) atoms. The van der Waals surface area contributed by atoms with Crippen molar-refractivity contribution in [1.82, 2.24) is 5.01 Å². The summed E-state index contributed by atoms with van der Waals surface area (Å²) in [6.07, 6.45) is 0.558. The lowest BCUT2D eigenvalue weighted by Gasteiger charge is -2.38. The minimum Gasteiger partial charge on any atom is -0.464 e. The first-order valence-electron chi connectivity index (χ1n) is 10.5. The molecule has 0 saturated heterocycles. The third-order valence-corrected chi connectivity index (χ3v) is 6.74. The van der Waals surface area contributed by atoms with E-state index in [4.69, 9.17) is 21.4 Å². The molecule has 5 rings (SSSR count). The lowest BCUT2D eigenvalue weighted by molar-refractivity contribution is -0.0191. The van der Waals surface area contributed by atoms with Gasteiger partial charge in [-0.1, -0.05) is 84.7 Å². The smallest absolute Gasteiger partial charge is 0.213 e. The zero-order chi connectivity index (χ0) is 21.8. The molecular formula is C26H24BrClN2O. The summed E-state index contributed by atoms with van der Waals surface area (Å²) in [5.74, 6) is 0.918. The van der Waals surface area contributed by atoms with Crippen molar-refractivity contribution >= 4 is 33.2 Å². The number of nitrogens with zero attached hydrogens (tertiary/aromatic N) is 2. The second-order valence-electron chi connectivity index (χ2n) is 9.18. The first-order valence-corrected chi connectivity index (χ1v) is 11.6. The van der Waals surface area contributed by atoms with E-state index in [2.05, 4.69) is 72.0 Å². The molecule has 5 heteroatoms. The largest absolute Gasteiger partial charge is 0.464 e. The summed E-state index contributed by atoms with van der Waals surface area (Å²) in [5.41, 5.74) is 5.82. The summed E-state index contributed by atoms with van der Waals surface area (Å²) in [6, 6.07) is 23.0. The van der Waals surface area contributed by atoms with Crippen LogP contribution in [0, 0.1) is 0 Å². The SMILES string of the molecule is CC(C)(C)c1ccc([C@@H]2Oc3ccc(Br)cc3[C@@H]3CC(c4ccc(Cl)cc4)=NN32)cc1. The van der Waals surface area contributed by atoms with Gasteiger partial charge < -0.3 is 4.74 Å². The normalized spacial score (nSPS) is 20.0. The van der Waals surface area contributed by atoms with Gasteiger partial charge in [-0.2, -0.15) is 5.10 Å². The highest BCUT2D eigenvalue weighted by molar-refractivity contribution is 9.10. The fourth-order valence-electron chi connectivity index (χ4n) is 4.24. The first kappa shape index (κ1) is 20.6. The molecule has 0 spiro atoms. The van der Waals surface area contributed by atoms with E-state index in [9.17, 15) is 0 Å². The van der Waals surface area contributed by atoms with Gasteiger partial charge in [0.2, 0.25) is 6.23 Å². The third-order valence-electron chi connectivity index (χ3n) is 5.99. The van der Waals surface area contributed by atoms with Crippen LogP contribution in [0.5, 0.6) is 5.75 Å². The average Bonchev–Trinajstić information content (AvgIpc) is 3.19. The Hall–Kier alpha value is -2.30. The molecule has 0 saturated carbocycles. The number of fused-ring (bicyclic) bond motifs is 3. The Morgan fingerprint density at radius 1 is 1.00 bits per heavy atom. The standard InChI is InChI=1S/C26H24BrClN2O/c1-26(2,3)18-8-4-17(5-9-18)25-30-23(21-14-19(27)10-13-24(21)31-25)15-22(29-30)16-6-11-20(28)12-7-16/h4-14,23,25H,15H2,1-3H3/t23-,25-/m0/s1. The van der Waals surface area contributed by atoms with Crippen molar-refractivity contribution in [3.05, 3.63) is 98.5 Å². The van der Waals surface area contributed by atoms with Crippen molar-refractivity contribution in [3.8, 4) is 5.75 Å². The maximum absolute atomic E-state index is 6.49. The highest BCUT2D eigenvalue weighted by atomic mass is 79.9. The van der Waals surface area contributed by atoms with Crippen molar-refractivity contribution in [2.45, 2.75) is 44.9 Å². The molecule has 3 aromatic carbocycles. The van der Waals surface area contributed by atoms with Crippen molar-refractivity contribution in [1.29, 1.82) is 0 Å². The van der Waals surface area contributed by atoms with Crippen LogP contribution in [-0.4, -0.2) is 10.7 Å². The summed E-state index contributed by atoms with van der Waals surface area (Å²) < 4.78 is 7.54. The molecule has 2 atom stereocenters. The number of hydrogen-bond acceptors (Lipinski definition) is 3. The van der Waals surface area contributed by atoms with E-state index in [1.807, 2.05) is 36.4 Å². The van der Waals surface area contributed by atoms with Crippen LogP contribution in [0.4, 0.5) is 0 Å². The number of hydrazone groups is 1. The Morgan fingerprint density at radius 2 is 1.71 bits per heavy atom. The highest BCUT2D eigenvalue weighted by Crippen LogP contribution is 2.48. The Balaban J connectivity index is 1.56. The summed E-state index contributed by atoms with van der Waals surface area (Å²) in [7, 11) is 0. The lowest BCUT2D eigenvalue weighted by Crippen LogP contribution is -2.33. The molecule has 0 fully saturated rings. The number of benzene rings is 3. The summed E-state index contributed by atoms with van der Waals surface area (Å²) in [5, 5.41) is 7.88. The maximum atomic E-state index is 6.49. The monoisotopic (exact) mass is 494 g/mol. The Kier molecular flexibility index (Phi) is 5.10. The molecule has 3 aromatic rings. The number of ether oxygens (including phenoxy) is 1. The Morgan fingerprint density at radius 3 is 2.39 bits per heavy atom. The van der Waals surface area contributed by atoms with E-state index in [0.29, 0.717) is 0 Å². The molecule has 0 amide bonds. The molecule has 158 valence electrons. The van der Waals surface area contributed by atoms with Crippen LogP contribution in [-0.2, 0) is 5.41 Å². The van der Waals surface area contributed by atoms with Crippen molar-refractivity contribution in [2.75, 3.05) is 0 Å². The van der Waals surface area contributed by atoms with E-state index in [-0.39, 0.29) is 17.7 Å². The van der Waals surface area contributed by atoms with E-state index in [0.717, 1.165) is 44.1 Å². The molecule has 0 N–H and O–H groups in total. The van der Waals surface area contributed by atoms with Crippen LogP contribution in [0.15, 0.2) is 76.3 Å². The predicted molar refractivity (Wildman–Crippen MR) is 130 cm³/mol. The molecule has 3 nitrogen and oxygen atoms in total. The van der Waals surface area contributed by atoms with E-state index >= 15 is 0 Å². The average molecular weight is 496 g/mol. The van der Waals surface area contributed by atoms with Crippen LogP contribution < -0.4 is 4.74 Å². The topological polar surface area (TPSA) is 24.8 Å². The van der Waals surface area contributed by atoms with Crippen molar-refractivity contribution in [3.63, 3.8) is 0 Å². The van der Waals surface area contributed by atoms with Gasteiger partial charge in [0.25, 0.3) is 0 Å². The number of rotatable bonds is 2. The molecule has 0 bridgehead atoms. The summed E-state index contributed by atoms with van der Waals surface area (Å²) >= 11 is 9.71. The van der Waals surface area contributed by atoms with Crippen LogP contribution in [0.2, 0.25) is 5.02 Å². The van der Waals surface area contributed by atoms with E-state index < -0.39 is 0 Å². The fourth-order valence-corrected chi connectivity index (χ4v) is 4.75. The first-order chi connectivity index (χ1) is 14.8. The molecule has 0 radical (unpaired) electrons. The molecule has 2 aliphatic heterocycles. The molecule has 0 unspecified atom stereocenters. The van der Waals surface area contributed by atoms with Gasteiger partial charge in [0, 0.05) is 27.0 Å². The molecule has 0 aliphatic carbocycles.